The summed E-state index contributed by atoms with van der Waals surface area (Å²) in [5, 5.41) is 12.7. The number of benzene rings is 3. The molecule has 0 saturated heterocycles. The monoisotopic (exact) mass is 490 g/mol. The van der Waals surface area contributed by atoms with Crippen molar-refractivity contribution >= 4 is 23.3 Å². The summed E-state index contributed by atoms with van der Waals surface area (Å²) in [6.45, 7) is 12.1. The molecule has 0 heterocycles. The highest BCUT2D eigenvalue weighted by Gasteiger charge is 2.19. The largest absolute Gasteiger partial charge is 0.478 e. The van der Waals surface area contributed by atoms with Crippen molar-refractivity contribution in [3.05, 3.63) is 83.2 Å². The first-order chi connectivity index (χ1) is 17.0. The molecule has 0 spiro atoms. The van der Waals surface area contributed by atoms with E-state index >= 15 is 0 Å². The van der Waals surface area contributed by atoms with Gasteiger partial charge in [0.1, 0.15) is 5.82 Å². The van der Waals surface area contributed by atoms with Gasteiger partial charge in [-0.15, -0.1) is 0 Å². The molecule has 0 fully saturated rings. The fourth-order valence-electron chi connectivity index (χ4n) is 4.26. The van der Waals surface area contributed by atoms with E-state index in [0.717, 1.165) is 36.0 Å². The second-order valence-electron chi connectivity index (χ2n) is 10.1. The number of aryl methyl sites for hydroxylation is 1. The summed E-state index contributed by atoms with van der Waals surface area (Å²) in [5.74, 6) is -1.06. The number of amides is 1. The van der Waals surface area contributed by atoms with Gasteiger partial charge >= 0.3 is 5.97 Å². The second kappa shape index (κ2) is 11.8. The summed E-state index contributed by atoms with van der Waals surface area (Å²) in [4.78, 5) is 27.1. The predicted molar refractivity (Wildman–Crippen MR) is 144 cm³/mol. The number of anilines is 2. The van der Waals surface area contributed by atoms with E-state index in [1.54, 1.807) is 12.1 Å². The van der Waals surface area contributed by atoms with E-state index in [0.29, 0.717) is 23.1 Å². The van der Waals surface area contributed by atoms with Gasteiger partial charge in [0.15, 0.2) is 0 Å². The van der Waals surface area contributed by atoms with Crippen LogP contribution in [0, 0.1) is 24.6 Å². The molecule has 0 aliphatic rings. The lowest BCUT2D eigenvalue weighted by Gasteiger charge is -2.31. The summed E-state index contributed by atoms with van der Waals surface area (Å²) < 4.78 is 14.1. The first-order valence-electron chi connectivity index (χ1n) is 12.3. The topological polar surface area (TPSA) is 69.6 Å². The van der Waals surface area contributed by atoms with Crippen LogP contribution in [0.4, 0.5) is 15.8 Å². The average Bonchev–Trinajstić information content (AvgIpc) is 2.79. The standard InChI is InChI=1S/C30H35FN2O3/c1-19(2)17-33(18-20(3)4)28-13-10-23(26-16-24(31)11-12-25(26)30(35)36)15-27(28)32-29(34)14-22-8-6-21(5)7-9-22/h6-13,15-16,19-20H,14,17-18H2,1-5H3,(H,32,34)(H,35,36). The van der Waals surface area contributed by atoms with Crippen LogP contribution in [0.15, 0.2) is 60.7 Å². The number of carboxylic acids is 1. The Morgan fingerprint density at radius 1 is 0.917 bits per heavy atom. The molecule has 5 nitrogen and oxygen atoms in total. The van der Waals surface area contributed by atoms with E-state index in [1.165, 1.54) is 12.1 Å². The SMILES string of the molecule is Cc1ccc(CC(=O)Nc2cc(-c3cc(F)ccc3C(=O)O)ccc2N(CC(C)C)CC(C)C)cc1. The summed E-state index contributed by atoms with van der Waals surface area (Å²) in [6.07, 6.45) is 0.207. The third-order valence-electron chi connectivity index (χ3n) is 5.79. The quantitative estimate of drug-likeness (QED) is 0.328. The zero-order valence-corrected chi connectivity index (χ0v) is 21.6. The Bertz CT molecular complexity index is 1210. The van der Waals surface area contributed by atoms with Crippen molar-refractivity contribution in [1.29, 1.82) is 0 Å². The van der Waals surface area contributed by atoms with E-state index in [-0.39, 0.29) is 23.5 Å². The first-order valence-corrected chi connectivity index (χ1v) is 12.3. The van der Waals surface area contributed by atoms with Crippen LogP contribution in [0.25, 0.3) is 11.1 Å². The molecule has 0 aromatic heterocycles. The van der Waals surface area contributed by atoms with Gasteiger partial charge in [0, 0.05) is 13.1 Å². The third-order valence-corrected chi connectivity index (χ3v) is 5.79. The Kier molecular flexibility index (Phi) is 8.86. The van der Waals surface area contributed by atoms with Gasteiger partial charge < -0.3 is 15.3 Å². The van der Waals surface area contributed by atoms with Gasteiger partial charge in [0.2, 0.25) is 5.91 Å². The summed E-state index contributed by atoms with van der Waals surface area (Å²) in [5.41, 5.74) is 4.24. The number of carbonyl (C=O) groups excluding carboxylic acids is 1. The van der Waals surface area contributed by atoms with Gasteiger partial charge in [0.05, 0.1) is 23.4 Å². The van der Waals surface area contributed by atoms with Crippen LogP contribution in [-0.4, -0.2) is 30.1 Å². The van der Waals surface area contributed by atoms with Crippen LogP contribution in [0.1, 0.15) is 49.2 Å². The lowest BCUT2D eigenvalue weighted by Crippen LogP contribution is -2.32. The van der Waals surface area contributed by atoms with Crippen LogP contribution < -0.4 is 10.2 Å². The molecule has 3 aromatic carbocycles. The van der Waals surface area contributed by atoms with Crippen molar-refractivity contribution in [3.8, 4) is 11.1 Å². The predicted octanol–water partition coefficient (Wildman–Crippen LogP) is 6.80. The highest BCUT2D eigenvalue weighted by Crippen LogP contribution is 2.34. The Hall–Kier alpha value is -3.67. The van der Waals surface area contributed by atoms with Crippen molar-refractivity contribution in [2.45, 2.75) is 41.0 Å². The molecule has 0 saturated carbocycles. The molecular formula is C30H35FN2O3. The molecule has 0 aliphatic carbocycles. The molecule has 36 heavy (non-hydrogen) atoms. The van der Waals surface area contributed by atoms with E-state index in [9.17, 15) is 19.1 Å². The van der Waals surface area contributed by atoms with Gasteiger partial charge in [-0.25, -0.2) is 9.18 Å². The molecule has 0 atom stereocenters. The maximum absolute atomic E-state index is 14.1. The molecule has 3 rings (SSSR count). The minimum Gasteiger partial charge on any atom is -0.478 e. The van der Waals surface area contributed by atoms with Gasteiger partial charge in [-0.05, 0) is 65.8 Å². The van der Waals surface area contributed by atoms with Crippen LogP contribution in [0.2, 0.25) is 0 Å². The van der Waals surface area contributed by atoms with Crippen molar-refractivity contribution in [3.63, 3.8) is 0 Å². The number of carboxylic acid groups (broad SMARTS) is 1. The molecule has 2 N–H and O–H groups in total. The zero-order valence-electron chi connectivity index (χ0n) is 21.6. The van der Waals surface area contributed by atoms with E-state index in [4.69, 9.17) is 0 Å². The molecule has 1 amide bonds. The molecule has 190 valence electrons. The third kappa shape index (κ3) is 7.17. The number of hydrogen-bond acceptors (Lipinski definition) is 3. The summed E-state index contributed by atoms with van der Waals surface area (Å²) in [7, 11) is 0. The van der Waals surface area contributed by atoms with E-state index in [1.807, 2.05) is 37.3 Å². The number of nitrogens with one attached hydrogen (secondary N) is 1. The number of rotatable bonds is 10. The molecule has 0 aliphatic heterocycles. The molecular weight excluding hydrogens is 455 g/mol. The maximum atomic E-state index is 14.1. The Labute approximate surface area is 213 Å². The fourth-order valence-corrected chi connectivity index (χ4v) is 4.26. The van der Waals surface area contributed by atoms with Crippen LogP contribution in [0.5, 0.6) is 0 Å². The fraction of sp³-hybridized carbons (Fsp3) is 0.333. The summed E-state index contributed by atoms with van der Waals surface area (Å²) in [6, 6.07) is 16.9. The van der Waals surface area contributed by atoms with E-state index < -0.39 is 11.8 Å². The van der Waals surface area contributed by atoms with Crippen molar-refractivity contribution < 1.29 is 19.1 Å². The van der Waals surface area contributed by atoms with Gasteiger partial charge in [0.25, 0.3) is 0 Å². The molecule has 3 aromatic rings. The number of halogens is 1. The lowest BCUT2D eigenvalue weighted by atomic mass is 9.97. The number of hydrogen-bond donors (Lipinski definition) is 2. The number of nitrogens with zero attached hydrogens (tertiary/aromatic N) is 1. The second-order valence-corrected chi connectivity index (χ2v) is 10.1. The van der Waals surface area contributed by atoms with Gasteiger partial charge in [-0.2, -0.15) is 0 Å². The molecule has 0 unspecified atom stereocenters. The normalized spacial score (nSPS) is 11.1. The Morgan fingerprint density at radius 3 is 2.14 bits per heavy atom. The van der Waals surface area contributed by atoms with Crippen LogP contribution in [-0.2, 0) is 11.2 Å². The maximum Gasteiger partial charge on any atom is 0.336 e. The van der Waals surface area contributed by atoms with Crippen LogP contribution >= 0.6 is 0 Å². The summed E-state index contributed by atoms with van der Waals surface area (Å²) >= 11 is 0. The van der Waals surface area contributed by atoms with Crippen molar-refractivity contribution in [1.82, 2.24) is 0 Å². The minimum atomic E-state index is -1.14. The zero-order chi connectivity index (χ0) is 26.4. The highest BCUT2D eigenvalue weighted by atomic mass is 19.1. The molecule has 0 bridgehead atoms. The van der Waals surface area contributed by atoms with Gasteiger partial charge in [-0.1, -0.05) is 63.6 Å². The number of carbonyl (C=O) groups is 2. The lowest BCUT2D eigenvalue weighted by molar-refractivity contribution is -0.115. The average molecular weight is 491 g/mol. The first kappa shape index (κ1) is 26.9. The van der Waals surface area contributed by atoms with Gasteiger partial charge in [-0.3, -0.25) is 4.79 Å². The van der Waals surface area contributed by atoms with Crippen molar-refractivity contribution in [2.24, 2.45) is 11.8 Å². The Morgan fingerprint density at radius 2 is 1.56 bits per heavy atom. The smallest absolute Gasteiger partial charge is 0.336 e. The highest BCUT2D eigenvalue weighted by molar-refractivity contribution is 5.99. The van der Waals surface area contributed by atoms with Crippen LogP contribution in [0.3, 0.4) is 0 Å². The molecule has 6 heteroatoms. The Balaban J connectivity index is 2.06. The van der Waals surface area contributed by atoms with E-state index in [2.05, 4.69) is 37.9 Å². The minimum absolute atomic E-state index is 0.00213. The number of aromatic carboxylic acids is 1. The van der Waals surface area contributed by atoms with Crippen molar-refractivity contribution in [2.75, 3.05) is 23.3 Å². The molecule has 0 radical (unpaired) electrons.